The number of esters is 1. The Hall–Kier alpha value is -2.36. The third-order valence-corrected chi connectivity index (χ3v) is 4.00. The summed E-state index contributed by atoms with van der Waals surface area (Å²) in [5, 5.41) is 7.87. The van der Waals surface area contributed by atoms with Crippen LogP contribution in [0.25, 0.3) is 6.08 Å². The van der Waals surface area contributed by atoms with Crippen LogP contribution in [-0.4, -0.2) is 18.3 Å². The number of nitrogens with one attached hydrogen (secondary N) is 1. The fourth-order valence-electron chi connectivity index (χ4n) is 2.70. The van der Waals surface area contributed by atoms with Crippen LogP contribution < -0.4 is 4.74 Å². The molecule has 0 spiro atoms. The standard InChI is InChI=1S/C21H27NO3/c1-3-4-5-6-13-24-20-10-7-17(8-11-20)14-18-15-19(22)9-12-21(18)25-16(2)23/h7-8,10-12,14,22H,3-6,9,13,15H2,1-2H3. The van der Waals surface area contributed by atoms with E-state index in [0.717, 1.165) is 29.9 Å². The van der Waals surface area contributed by atoms with E-state index in [2.05, 4.69) is 6.92 Å². The quantitative estimate of drug-likeness (QED) is 0.516. The second-order valence-corrected chi connectivity index (χ2v) is 6.29. The van der Waals surface area contributed by atoms with Crippen molar-refractivity contribution >= 4 is 17.8 Å². The molecule has 0 atom stereocenters. The van der Waals surface area contributed by atoms with Crippen LogP contribution in [0.5, 0.6) is 5.75 Å². The summed E-state index contributed by atoms with van der Waals surface area (Å²) in [6.45, 7) is 4.34. The molecule has 1 N–H and O–H groups in total. The summed E-state index contributed by atoms with van der Waals surface area (Å²) in [5.74, 6) is 1.10. The normalized spacial score (nSPS) is 15.8. The summed E-state index contributed by atoms with van der Waals surface area (Å²) in [7, 11) is 0. The maximum atomic E-state index is 11.2. The highest BCUT2D eigenvalue weighted by Crippen LogP contribution is 2.26. The third kappa shape index (κ3) is 6.57. The molecule has 25 heavy (non-hydrogen) atoms. The summed E-state index contributed by atoms with van der Waals surface area (Å²) < 4.78 is 11.0. The molecule has 1 aromatic rings. The lowest BCUT2D eigenvalue weighted by Gasteiger charge is -2.17. The van der Waals surface area contributed by atoms with Gasteiger partial charge in [0.1, 0.15) is 11.5 Å². The second kappa shape index (κ2) is 9.82. The molecule has 0 aromatic heterocycles. The van der Waals surface area contributed by atoms with Crippen LogP contribution in [0.1, 0.15) is 57.9 Å². The Morgan fingerprint density at radius 1 is 1.20 bits per heavy atom. The molecule has 4 heteroatoms. The lowest BCUT2D eigenvalue weighted by molar-refractivity contribution is -0.136. The topological polar surface area (TPSA) is 59.4 Å². The first-order valence-electron chi connectivity index (χ1n) is 8.97. The molecule has 0 heterocycles. The van der Waals surface area contributed by atoms with Gasteiger partial charge in [-0.3, -0.25) is 4.79 Å². The molecule has 0 radical (unpaired) electrons. The molecular formula is C21H27NO3. The van der Waals surface area contributed by atoms with E-state index in [0.29, 0.717) is 24.3 Å². The van der Waals surface area contributed by atoms with Gasteiger partial charge in [0.15, 0.2) is 0 Å². The van der Waals surface area contributed by atoms with Gasteiger partial charge in [-0.2, -0.15) is 0 Å². The predicted octanol–water partition coefficient (Wildman–Crippen LogP) is 5.29. The monoisotopic (exact) mass is 341 g/mol. The molecule has 0 saturated heterocycles. The zero-order chi connectivity index (χ0) is 18.1. The first-order chi connectivity index (χ1) is 12.1. The maximum absolute atomic E-state index is 11.2. The summed E-state index contributed by atoms with van der Waals surface area (Å²) in [4.78, 5) is 11.2. The highest BCUT2D eigenvalue weighted by molar-refractivity contribution is 5.89. The molecule has 1 aliphatic rings. The van der Waals surface area contributed by atoms with Crippen LogP contribution in [-0.2, 0) is 9.53 Å². The average Bonchev–Trinajstić information content (AvgIpc) is 2.58. The number of unbranched alkanes of at least 4 members (excludes halogenated alkanes) is 3. The lowest BCUT2D eigenvalue weighted by atomic mass is 9.96. The van der Waals surface area contributed by atoms with Gasteiger partial charge in [-0.05, 0) is 36.3 Å². The van der Waals surface area contributed by atoms with E-state index in [1.807, 2.05) is 30.3 Å². The Kier molecular flexibility index (Phi) is 7.45. The summed E-state index contributed by atoms with van der Waals surface area (Å²) in [5.41, 5.74) is 2.48. The number of rotatable bonds is 8. The van der Waals surface area contributed by atoms with E-state index < -0.39 is 0 Å². The first-order valence-corrected chi connectivity index (χ1v) is 8.97. The van der Waals surface area contributed by atoms with Crippen LogP contribution in [0.2, 0.25) is 0 Å². The van der Waals surface area contributed by atoms with Crippen LogP contribution >= 0.6 is 0 Å². The zero-order valence-corrected chi connectivity index (χ0v) is 15.1. The van der Waals surface area contributed by atoms with Crippen LogP contribution in [0.3, 0.4) is 0 Å². The largest absolute Gasteiger partial charge is 0.494 e. The highest BCUT2D eigenvalue weighted by atomic mass is 16.5. The molecule has 4 nitrogen and oxygen atoms in total. The SMILES string of the molecule is CCCCCCOc1ccc(C=C2CC(=N)CC=C2OC(C)=O)cc1. The molecular weight excluding hydrogens is 314 g/mol. The molecule has 1 aromatic carbocycles. The van der Waals surface area contributed by atoms with Gasteiger partial charge >= 0.3 is 5.97 Å². The Morgan fingerprint density at radius 2 is 1.96 bits per heavy atom. The predicted molar refractivity (Wildman–Crippen MR) is 101 cm³/mol. The minimum absolute atomic E-state index is 0.336. The molecule has 0 aliphatic heterocycles. The van der Waals surface area contributed by atoms with Crippen molar-refractivity contribution in [2.75, 3.05) is 6.61 Å². The van der Waals surface area contributed by atoms with E-state index >= 15 is 0 Å². The van der Waals surface area contributed by atoms with Crippen molar-refractivity contribution in [3.05, 3.63) is 47.2 Å². The molecule has 0 fully saturated rings. The Balaban J connectivity index is 1.99. The number of allylic oxidation sites excluding steroid dienone is 2. The van der Waals surface area contributed by atoms with E-state index in [1.165, 1.54) is 26.2 Å². The first kappa shape index (κ1) is 19.0. The minimum atomic E-state index is -0.336. The van der Waals surface area contributed by atoms with Gasteiger partial charge in [0.05, 0.1) is 6.61 Å². The van der Waals surface area contributed by atoms with E-state index in [9.17, 15) is 4.79 Å². The molecule has 0 unspecified atom stereocenters. The number of hydrogen-bond acceptors (Lipinski definition) is 4. The molecule has 0 bridgehead atoms. The highest BCUT2D eigenvalue weighted by Gasteiger charge is 2.16. The third-order valence-electron chi connectivity index (χ3n) is 4.00. The molecule has 0 saturated carbocycles. The van der Waals surface area contributed by atoms with Gasteiger partial charge in [-0.25, -0.2) is 0 Å². The summed E-state index contributed by atoms with van der Waals surface area (Å²) >= 11 is 0. The number of hydrogen-bond donors (Lipinski definition) is 1. The lowest BCUT2D eigenvalue weighted by Crippen LogP contribution is -2.10. The number of carbonyl (C=O) groups excluding carboxylic acids is 1. The van der Waals surface area contributed by atoms with Crippen LogP contribution in [0.15, 0.2) is 41.7 Å². The van der Waals surface area contributed by atoms with Gasteiger partial charge in [0.2, 0.25) is 0 Å². The number of benzene rings is 1. The van der Waals surface area contributed by atoms with Crippen molar-refractivity contribution < 1.29 is 14.3 Å². The van der Waals surface area contributed by atoms with E-state index in [1.54, 1.807) is 6.08 Å². The van der Waals surface area contributed by atoms with Crippen molar-refractivity contribution in [1.29, 1.82) is 5.41 Å². The number of carbonyl (C=O) groups is 1. The van der Waals surface area contributed by atoms with Crippen molar-refractivity contribution in [2.45, 2.75) is 52.4 Å². The van der Waals surface area contributed by atoms with Gasteiger partial charge in [-0.1, -0.05) is 38.3 Å². The minimum Gasteiger partial charge on any atom is -0.494 e. The van der Waals surface area contributed by atoms with Crippen molar-refractivity contribution in [2.24, 2.45) is 0 Å². The Bertz CT molecular complexity index is 656. The zero-order valence-electron chi connectivity index (χ0n) is 15.1. The van der Waals surface area contributed by atoms with E-state index in [-0.39, 0.29) is 5.97 Å². The Morgan fingerprint density at radius 3 is 2.64 bits per heavy atom. The van der Waals surface area contributed by atoms with Gasteiger partial charge in [-0.15, -0.1) is 0 Å². The van der Waals surface area contributed by atoms with Crippen molar-refractivity contribution in [1.82, 2.24) is 0 Å². The summed E-state index contributed by atoms with van der Waals surface area (Å²) in [6.07, 6.45) is 9.57. The molecule has 1 aliphatic carbocycles. The summed E-state index contributed by atoms with van der Waals surface area (Å²) in [6, 6.07) is 7.88. The second-order valence-electron chi connectivity index (χ2n) is 6.29. The van der Waals surface area contributed by atoms with Gasteiger partial charge in [0, 0.05) is 31.1 Å². The van der Waals surface area contributed by atoms with Crippen LogP contribution in [0, 0.1) is 5.41 Å². The van der Waals surface area contributed by atoms with Gasteiger partial charge < -0.3 is 14.9 Å². The molecule has 134 valence electrons. The molecule has 2 rings (SSSR count). The van der Waals surface area contributed by atoms with Crippen molar-refractivity contribution in [3.63, 3.8) is 0 Å². The molecule has 0 amide bonds. The average molecular weight is 341 g/mol. The van der Waals surface area contributed by atoms with Crippen molar-refractivity contribution in [3.8, 4) is 5.75 Å². The maximum Gasteiger partial charge on any atom is 0.308 e. The van der Waals surface area contributed by atoms with Crippen LogP contribution in [0.4, 0.5) is 0 Å². The fourth-order valence-corrected chi connectivity index (χ4v) is 2.70. The smallest absolute Gasteiger partial charge is 0.308 e. The van der Waals surface area contributed by atoms with Gasteiger partial charge in [0.25, 0.3) is 0 Å². The van der Waals surface area contributed by atoms with E-state index in [4.69, 9.17) is 14.9 Å². The number of ether oxygens (including phenoxy) is 2. The Labute approximate surface area is 150 Å². The fraction of sp³-hybridized carbons (Fsp3) is 0.429.